The minimum absolute atomic E-state index is 0.234. The summed E-state index contributed by atoms with van der Waals surface area (Å²) >= 11 is 0. The van der Waals surface area contributed by atoms with Crippen LogP contribution < -0.4 is 0 Å². The first-order valence-electron chi connectivity index (χ1n) is 7.45. The SMILES string of the molecule is COC(=O)/C(=C/C(=O)O)CCCCCCN1CCOCC1. The lowest BCUT2D eigenvalue weighted by atomic mass is 10.1. The molecule has 0 aliphatic carbocycles. The maximum atomic E-state index is 11.4. The summed E-state index contributed by atoms with van der Waals surface area (Å²) in [5, 5.41) is 8.71. The topological polar surface area (TPSA) is 76.1 Å². The van der Waals surface area contributed by atoms with Gasteiger partial charge in [-0.15, -0.1) is 0 Å². The van der Waals surface area contributed by atoms with Gasteiger partial charge in [0.1, 0.15) is 0 Å². The van der Waals surface area contributed by atoms with Crippen molar-refractivity contribution in [1.82, 2.24) is 4.90 Å². The van der Waals surface area contributed by atoms with Gasteiger partial charge in [0.2, 0.25) is 0 Å². The molecular formula is C15H25NO5. The number of esters is 1. The lowest BCUT2D eigenvalue weighted by Crippen LogP contribution is -2.36. The molecule has 21 heavy (non-hydrogen) atoms. The third-order valence-corrected chi connectivity index (χ3v) is 3.52. The number of aliphatic carboxylic acids is 1. The van der Waals surface area contributed by atoms with E-state index in [-0.39, 0.29) is 5.57 Å². The number of carboxylic acid groups (broad SMARTS) is 1. The van der Waals surface area contributed by atoms with Gasteiger partial charge in [0.05, 0.1) is 20.3 Å². The van der Waals surface area contributed by atoms with Gasteiger partial charge in [-0.05, 0) is 25.8 Å². The van der Waals surface area contributed by atoms with Crippen LogP contribution in [0, 0.1) is 0 Å². The third kappa shape index (κ3) is 7.82. The van der Waals surface area contributed by atoms with Crippen molar-refractivity contribution in [3.8, 4) is 0 Å². The Morgan fingerprint density at radius 1 is 1.19 bits per heavy atom. The van der Waals surface area contributed by atoms with E-state index < -0.39 is 11.9 Å². The number of unbranched alkanes of at least 4 members (excludes halogenated alkanes) is 3. The van der Waals surface area contributed by atoms with Crippen LogP contribution in [-0.4, -0.2) is 61.9 Å². The van der Waals surface area contributed by atoms with Gasteiger partial charge in [0.25, 0.3) is 0 Å². The molecule has 1 aliphatic heterocycles. The first kappa shape index (κ1) is 17.7. The van der Waals surface area contributed by atoms with E-state index in [9.17, 15) is 9.59 Å². The van der Waals surface area contributed by atoms with E-state index >= 15 is 0 Å². The summed E-state index contributed by atoms with van der Waals surface area (Å²) in [6, 6.07) is 0. The Hall–Kier alpha value is -1.40. The van der Waals surface area contributed by atoms with Crippen LogP contribution in [0.1, 0.15) is 32.1 Å². The van der Waals surface area contributed by atoms with E-state index in [0.29, 0.717) is 6.42 Å². The molecule has 1 aliphatic rings. The molecule has 1 heterocycles. The molecule has 0 spiro atoms. The summed E-state index contributed by atoms with van der Waals surface area (Å²) in [5.74, 6) is -1.66. The number of methoxy groups -OCH3 is 1. The molecule has 0 radical (unpaired) electrons. The molecule has 0 unspecified atom stereocenters. The summed E-state index contributed by atoms with van der Waals surface area (Å²) in [4.78, 5) is 24.4. The Morgan fingerprint density at radius 3 is 2.48 bits per heavy atom. The number of rotatable bonds is 9. The zero-order valence-electron chi connectivity index (χ0n) is 12.7. The van der Waals surface area contributed by atoms with E-state index in [1.165, 1.54) is 7.11 Å². The Morgan fingerprint density at radius 2 is 1.86 bits per heavy atom. The number of carboxylic acids is 1. The van der Waals surface area contributed by atoms with Crippen molar-refractivity contribution >= 4 is 11.9 Å². The molecule has 0 atom stereocenters. The van der Waals surface area contributed by atoms with E-state index in [1.54, 1.807) is 0 Å². The van der Waals surface area contributed by atoms with E-state index in [2.05, 4.69) is 9.64 Å². The predicted molar refractivity (Wildman–Crippen MR) is 78.1 cm³/mol. The van der Waals surface area contributed by atoms with Crippen molar-refractivity contribution in [2.24, 2.45) is 0 Å². The first-order valence-corrected chi connectivity index (χ1v) is 7.45. The quantitative estimate of drug-likeness (QED) is 0.394. The van der Waals surface area contributed by atoms with Crippen LogP contribution in [0.5, 0.6) is 0 Å². The number of nitrogens with zero attached hydrogens (tertiary/aromatic N) is 1. The largest absolute Gasteiger partial charge is 0.478 e. The average Bonchev–Trinajstić information content (AvgIpc) is 2.49. The molecule has 1 N–H and O–H groups in total. The van der Waals surface area contributed by atoms with Crippen molar-refractivity contribution in [1.29, 1.82) is 0 Å². The van der Waals surface area contributed by atoms with Gasteiger partial charge >= 0.3 is 11.9 Å². The molecule has 0 aromatic heterocycles. The van der Waals surface area contributed by atoms with Crippen LogP contribution in [0.2, 0.25) is 0 Å². The second-order valence-corrected chi connectivity index (χ2v) is 5.12. The van der Waals surface area contributed by atoms with Gasteiger partial charge in [-0.3, -0.25) is 4.90 Å². The minimum atomic E-state index is -1.11. The summed E-state index contributed by atoms with van der Waals surface area (Å²) in [5.41, 5.74) is 0.234. The summed E-state index contributed by atoms with van der Waals surface area (Å²) < 4.78 is 9.88. The number of carbonyl (C=O) groups is 2. The summed E-state index contributed by atoms with van der Waals surface area (Å²) in [6.45, 7) is 4.74. The van der Waals surface area contributed by atoms with Crippen LogP contribution in [-0.2, 0) is 19.1 Å². The molecule has 6 heteroatoms. The van der Waals surface area contributed by atoms with Crippen molar-refractivity contribution in [3.05, 3.63) is 11.6 Å². The van der Waals surface area contributed by atoms with Crippen molar-refractivity contribution < 1.29 is 24.2 Å². The lowest BCUT2D eigenvalue weighted by Gasteiger charge is -2.26. The van der Waals surface area contributed by atoms with E-state index in [0.717, 1.165) is 64.6 Å². The van der Waals surface area contributed by atoms with Crippen molar-refractivity contribution in [2.75, 3.05) is 40.0 Å². The molecule has 1 rings (SSSR count). The van der Waals surface area contributed by atoms with Gasteiger partial charge in [-0.2, -0.15) is 0 Å². The molecular weight excluding hydrogens is 274 g/mol. The predicted octanol–water partition coefficient (Wildman–Crippen LogP) is 1.45. The fraction of sp³-hybridized carbons (Fsp3) is 0.733. The molecule has 0 aromatic rings. The highest BCUT2D eigenvalue weighted by molar-refractivity contribution is 5.95. The van der Waals surface area contributed by atoms with Crippen LogP contribution in [0.15, 0.2) is 11.6 Å². The molecule has 0 aromatic carbocycles. The van der Waals surface area contributed by atoms with Crippen LogP contribution in [0.4, 0.5) is 0 Å². The number of hydrogen-bond donors (Lipinski definition) is 1. The maximum absolute atomic E-state index is 11.4. The van der Waals surface area contributed by atoms with Crippen LogP contribution >= 0.6 is 0 Å². The van der Waals surface area contributed by atoms with Crippen LogP contribution in [0.3, 0.4) is 0 Å². The molecule has 0 saturated carbocycles. The highest BCUT2D eigenvalue weighted by atomic mass is 16.5. The van der Waals surface area contributed by atoms with Gasteiger partial charge in [0.15, 0.2) is 0 Å². The lowest BCUT2D eigenvalue weighted by molar-refractivity contribution is -0.137. The molecule has 1 fully saturated rings. The number of ether oxygens (including phenoxy) is 2. The fourth-order valence-electron chi connectivity index (χ4n) is 2.34. The Bertz CT molecular complexity index is 361. The Kier molecular flexibility index (Phi) is 8.69. The second-order valence-electron chi connectivity index (χ2n) is 5.12. The third-order valence-electron chi connectivity index (χ3n) is 3.52. The minimum Gasteiger partial charge on any atom is -0.478 e. The van der Waals surface area contributed by atoms with Gasteiger partial charge in [-0.25, -0.2) is 9.59 Å². The maximum Gasteiger partial charge on any atom is 0.333 e. The fourth-order valence-corrected chi connectivity index (χ4v) is 2.34. The zero-order valence-corrected chi connectivity index (χ0v) is 12.7. The smallest absolute Gasteiger partial charge is 0.333 e. The van der Waals surface area contributed by atoms with E-state index in [4.69, 9.17) is 9.84 Å². The Balaban J connectivity index is 2.13. The molecule has 120 valence electrons. The normalized spacial score (nSPS) is 16.7. The molecule has 0 bridgehead atoms. The highest BCUT2D eigenvalue weighted by Crippen LogP contribution is 2.12. The zero-order chi connectivity index (χ0) is 15.5. The number of morpholine rings is 1. The van der Waals surface area contributed by atoms with Crippen molar-refractivity contribution in [3.63, 3.8) is 0 Å². The Labute approximate surface area is 125 Å². The van der Waals surface area contributed by atoms with Crippen LogP contribution in [0.25, 0.3) is 0 Å². The van der Waals surface area contributed by atoms with Crippen molar-refractivity contribution in [2.45, 2.75) is 32.1 Å². The van der Waals surface area contributed by atoms with E-state index in [1.807, 2.05) is 0 Å². The van der Waals surface area contributed by atoms with Gasteiger partial charge in [-0.1, -0.05) is 12.8 Å². The summed E-state index contributed by atoms with van der Waals surface area (Å²) in [7, 11) is 1.26. The average molecular weight is 299 g/mol. The molecule has 6 nitrogen and oxygen atoms in total. The highest BCUT2D eigenvalue weighted by Gasteiger charge is 2.12. The first-order chi connectivity index (χ1) is 10.1. The summed E-state index contributed by atoms with van der Waals surface area (Å²) in [6.07, 6.45) is 5.39. The number of carbonyl (C=O) groups excluding carboxylic acids is 1. The molecule has 1 saturated heterocycles. The number of hydrogen-bond acceptors (Lipinski definition) is 5. The van der Waals surface area contributed by atoms with Gasteiger partial charge < -0.3 is 14.6 Å². The molecule has 0 amide bonds. The van der Waals surface area contributed by atoms with Gasteiger partial charge in [0, 0.05) is 24.7 Å². The monoisotopic (exact) mass is 299 g/mol. The second kappa shape index (κ2) is 10.3. The standard InChI is InChI=1S/C15H25NO5/c1-20-15(19)13(12-14(17)18)6-4-2-3-5-7-16-8-10-21-11-9-16/h12H,2-11H2,1H3,(H,17,18)/b13-12+.